The number of hydrogen-bond acceptors (Lipinski definition) is 4. The molecular weight excluding hydrogens is 372 g/mol. The van der Waals surface area contributed by atoms with Crippen molar-refractivity contribution < 1.29 is 14.6 Å². The number of aromatic hydroxyl groups is 1. The van der Waals surface area contributed by atoms with Gasteiger partial charge in [-0.15, -0.1) is 0 Å². The maximum absolute atomic E-state index is 12.3. The van der Waals surface area contributed by atoms with E-state index in [1.165, 1.54) is 12.1 Å². The van der Waals surface area contributed by atoms with Gasteiger partial charge in [0.05, 0.1) is 12.3 Å². The van der Waals surface area contributed by atoms with Gasteiger partial charge < -0.3 is 15.2 Å². The van der Waals surface area contributed by atoms with Crippen LogP contribution in [0, 0.1) is 11.3 Å². The summed E-state index contributed by atoms with van der Waals surface area (Å²) in [5.74, 6) is -0.213. The molecule has 2 rings (SSSR count). The molecule has 2 N–H and O–H groups in total. The van der Waals surface area contributed by atoms with Crippen LogP contribution in [0.3, 0.4) is 0 Å². The smallest absolute Gasteiger partial charge is 0.266 e. The van der Waals surface area contributed by atoms with Gasteiger partial charge in [0.2, 0.25) is 0 Å². The molecule has 0 heterocycles. The number of carbonyl (C=O) groups is 1. The number of anilines is 1. The van der Waals surface area contributed by atoms with Gasteiger partial charge in [-0.25, -0.2) is 0 Å². The summed E-state index contributed by atoms with van der Waals surface area (Å²) in [4.78, 5) is 12.3. The Labute approximate surface area is 148 Å². The minimum atomic E-state index is -0.518. The molecule has 0 aliphatic rings. The van der Waals surface area contributed by atoms with Crippen LogP contribution in [0.5, 0.6) is 11.5 Å². The lowest BCUT2D eigenvalue weighted by Gasteiger charge is -2.08. The quantitative estimate of drug-likeness (QED) is 0.598. The third-order valence-corrected chi connectivity index (χ3v) is 3.77. The lowest BCUT2D eigenvalue weighted by Crippen LogP contribution is -2.13. The van der Waals surface area contributed by atoms with Gasteiger partial charge in [-0.05, 0) is 58.8 Å². The Kier molecular flexibility index (Phi) is 5.99. The number of halogens is 1. The second-order valence-corrected chi connectivity index (χ2v) is 5.62. The van der Waals surface area contributed by atoms with E-state index in [1.54, 1.807) is 37.3 Å². The van der Waals surface area contributed by atoms with Crippen LogP contribution in [0.1, 0.15) is 12.5 Å². The molecule has 0 aliphatic heterocycles. The molecule has 0 unspecified atom stereocenters. The second kappa shape index (κ2) is 8.18. The predicted molar refractivity (Wildman–Crippen MR) is 95.6 cm³/mol. The Morgan fingerprint density at radius 1 is 1.38 bits per heavy atom. The summed E-state index contributed by atoms with van der Waals surface area (Å²) in [5.41, 5.74) is 1.10. The zero-order valence-corrected chi connectivity index (χ0v) is 14.5. The average Bonchev–Trinajstić information content (AvgIpc) is 2.57. The zero-order chi connectivity index (χ0) is 17.5. The molecule has 2 aromatic rings. The highest BCUT2D eigenvalue weighted by Crippen LogP contribution is 2.28. The number of rotatable bonds is 5. The van der Waals surface area contributed by atoms with E-state index in [4.69, 9.17) is 4.74 Å². The summed E-state index contributed by atoms with van der Waals surface area (Å²) in [5, 5.41) is 21.6. The number of nitriles is 1. The standard InChI is InChI=1S/C18H15BrN2O3/c1-2-24-17-10-12(7-8-16(17)22)9-13(11-20)18(23)21-15-6-4-3-5-14(15)19/h3-10,22H,2H2,1H3,(H,21,23)/b13-9+. The van der Waals surface area contributed by atoms with Gasteiger partial charge in [0, 0.05) is 4.47 Å². The molecule has 0 saturated carbocycles. The summed E-state index contributed by atoms with van der Waals surface area (Å²) < 4.78 is 6.02. The van der Waals surface area contributed by atoms with Crippen LogP contribution in [-0.4, -0.2) is 17.6 Å². The lowest BCUT2D eigenvalue weighted by atomic mass is 10.1. The average molecular weight is 387 g/mol. The number of ether oxygens (including phenoxy) is 1. The van der Waals surface area contributed by atoms with Gasteiger partial charge in [-0.3, -0.25) is 4.79 Å². The summed E-state index contributed by atoms with van der Waals surface area (Å²) in [7, 11) is 0. The highest BCUT2D eigenvalue weighted by Gasteiger charge is 2.12. The molecule has 122 valence electrons. The third kappa shape index (κ3) is 4.37. The number of phenolic OH excluding ortho intramolecular Hbond substituents is 1. The van der Waals surface area contributed by atoms with E-state index in [2.05, 4.69) is 21.2 Å². The SMILES string of the molecule is CCOc1cc(/C=C(\C#N)C(=O)Nc2ccccc2Br)ccc1O. The minimum Gasteiger partial charge on any atom is -0.504 e. The fourth-order valence-corrected chi connectivity index (χ4v) is 2.34. The van der Waals surface area contributed by atoms with Crippen LogP contribution in [-0.2, 0) is 4.79 Å². The van der Waals surface area contributed by atoms with Crippen LogP contribution in [0.2, 0.25) is 0 Å². The highest BCUT2D eigenvalue weighted by atomic mass is 79.9. The monoisotopic (exact) mass is 386 g/mol. The molecule has 24 heavy (non-hydrogen) atoms. The second-order valence-electron chi connectivity index (χ2n) is 4.76. The van der Waals surface area contributed by atoms with Crippen LogP contribution in [0.4, 0.5) is 5.69 Å². The first-order valence-electron chi connectivity index (χ1n) is 7.18. The topological polar surface area (TPSA) is 82.3 Å². The molecule has 0 saturated heterocycles. The molecule has 0 fully saturated rings. The Morgan fingerprint density at radius 3 is 2.79 bits per heavy atom. The zero-order valence-electron chi connectivity index (χ0n) is 12.9. The fourth-order valence-electron chi connectivity index (χ4n) is 1.96. The van der Waals surface area contributed by atoms with Gasteiger partial charge in [0.25, 0.3) is 5.91 Å². The molecule has 2 aromatic carbocycles. The summed E-state index contributed by atoms with van der Waals surface area (Å²) in [6, 6.07) is 13.6. The number of hydrogen-bond donors (Lipinski definition) is 2. The molecule has 0 atom stereocenters. The van der Waals surface area contributed by atoms with Gasteiger partial charge in [-0.2, -0.15) is 5.26 Å². The Balaban J connectivity index is 2.26. The van der Waals surface area contributed by atoms with E-state index < -0.39 is 5.91 Å². The molecule has 0 spiro atoms. The van der Waals surface area contributed by atoms with Gasteiger partial charge >= 0.3 is 0 Å². The van der Waals surface area contributed by atoms with E-state index in [9.17, 15) is 15.2 Å². The van der Waals surface area contributed by atoms with Gasteiger partial charge in [-0.1, -0.05) is 18.2 Å². The Morgan fingerprint density at radius 2 is 2.12 bits per heavy atom. The Hall–Kier alpha value is -2.78. The van der Waals surface area contributed by atoms with Crippen molar-refractivity contribution in [3.63, 3.8) is 0 Å². The summed E-state index contributed by atoms with van der Waals surface area (Å²) in [6.07, 6.45) is 1.44. The summed E-state index contributed by atoms with van der Waals surface area (Å²) in [6.45, 7) is 2.20. The molecule has 0 aromatic heterocycles. The van der Waals surface area contributed by atoms with Gasteiger partial charge in [0.15, 0.2) is 11.5 Å². The van der Waals surface area contributed by atoms with Crippen LogP contribution in [0.25, 0.3) is 6.08 Å². The van der Waals surface area contributed by atoms with Crippen molar-refractivity contribution in [2.45, 2.75) is 6.92 Å². The predicted octanol–water partition coefficient (Wildman–Crippen LogP) is 4.10. The maximum Gasteiger partial charge on any atom is 0.266 e. The molecular formula is C18H15BrN2O3. The molecule has 6 heteroatoms. The number of phenols is 1. The number of amides is 1. The largest absolute Gasteiger partial charge is 0.504 e. The van der Waals surface area contributed by atoms with E-state index in [0.29, 0.717) is 23.6 Å². The van der Waals surface area contributed by atoms with Crippen molar-refractivity contribution in [3.05, 3.63) is 58.1 Å². The highest BCUT2D eigenvalue weighted by molar-refractivity contribution is 9.10. The number of nitrogens with one attached hydrogen (secondary N) is 1. The molecule has 0 aliphatic carbocycles. The van der Waals surface area contributed by atoms with Crippen molar-refractivity contribution >= 4 is 33.6 Å². The van der Waals surface area contributed by atoms with Crippen molar-refractivity contribution in [2.75, 3.05) is 11.9 Å². The number of benzene rings is 2. The van der Waals surface area contributed by atoms with Crippen LogP contribution in [0.15, 0.2) is 52.5 Å². The molecule has 0 radical (unpaired) electrons. The van der Waals surface area contributed by atoms with Crippen molar-refractivity contribution in [1.82, 2.24) is 0 Å². The molecule has 1 amide bonds. The first-order chi connectivity index (χ1) is 11.5. The normalized spacial score (nSPS) is 10.8. The first-order valence-corrected chi connectivity index (χ1v) is 7.98. The fraction of sp³-hybridized carbons (Fsp3) is 0.111. The molecule has 0 bridgehead atoms. The maximum atomic E-state index is 12.3. The lowest BCUT2D eigenvalue weighted by molar-refractivity contribution is -0.112. The molecule has 5 nitrogen and oxygen atoms in total. The third-order valence-electron chi connectivity index (χ3n) is 3.08. The van der Waals surface area contributed by atoms with Gasteiger partial charge in [0.1, 0.15) is 11.6 Å². The summed E-state index contributed by atoms with van der Waals surface area (Å²) >= 11 is 3.34. The van der Waals surface area contributed by atoms with E-state index in [1.807, 2.05) is 12.1 Å². The van der Waals surface area contributed by atoms with Crippen molar-refractivity contribution in [3.8, 4) is 17.6 Å². The van der Waals surface area contributed by atoms with E-state index >= 15 is 0 Å². The van der Waals surface area contributed by atoms with Crippen LogP contribution < -0.4 is 10.1 Å². The van der Waals surface area contributed by atoms with Crippen molar-refractivity contribution in [2.24, 2.45) is 0 Å². The minimum absolute atomic E-state index is 0.00479. The Bertz CT molecular complexity index is 825. The van der Waals surface area contributed by atoms with E-state index in [0.717, 1.165) is 4.47 Å². The number of nitrogens with zero attached hydrogens (tertiary/aromatic N) is 1. The first kappa shape index (κ1) is 17.6. The van der Waals surface area contributed by atoms with Crippen LogP contribution >= 0.6 is 15.9 Å². The van der Waals surface area contributed by atoms with Crippen molar-refractivity contribution in [1.29, 1.82) is 5.26 Å². The number of para-hydroxylation sites is 1. The van der Waals surface area contributed by atoms with E-state index in [-0.39, 0.29) is 11.3 Å². The number of carbonyl (C=O) groups excluding carboxylic acids is 1.